The number of hydrogen-bond acceptors (Lipinski definition) is 5. The molecular weight excluding hydrogens is 268 g/mol. The number of aromatic nitrogens is 1. The molecule has 0 spiro atoms. The molecule has 2 rings (SSSR count). The van der Waals surface area contributed by atoms with Crippen LogP contribution < -0.4 is 9.64 Å². The highest BCUT2D eigenvalue weighted by atomic mass is 16.5. The summed E-state index contributed by atoms with van der Waals surface area (Å²) in [6.45, 7) is 1.94. The number of pyridine rings is 1. The second-order valence-corrected chi connectivity index (χ2v) is 5.08. The topological polar surface area (TPSA) is 51.7 Å². The van der Waals surface area contributed by atoms with Gasteiger partial charge in [0, 0.05) is 30.9 Å². The smallest absolute Gasteiger partial charge is 0.310 e. The molecule has 0 fully saturated rings. The molecule has 0 saturated heterocycles. The number of fused-ring (bicyclic) bond motifs is 1. The summed E-state index contributed by atoms with van der Waals surface area (Å²) in [6.07, 6.45) is 0.211. The first kappa shape index (κ1) is 15.1. The first-order valence-electron chi connectivity index (χ1n) is 6.69. The third-order valence-electron chi connectivity index (χ3n) is 3.38. The third kappa shape index (κ3) is 2.91. The Bertz CT molecular complexity index is 681. The molecule has 0 aliphatic carbocycles. The molecule has 112 valence electrons. The van der Waals surface area contributed by atoms with Crippen LogP contribution in [0.1, 0.15) is 11.3 Å². The quantitative estimate of drug-likeness (QED) is 0.808. The van der Waals surface area contributed by atoms with Crippen LogP contribution in [0.4, 0.5) is 5.69 Å². The Kier molecular flexibility index (Phi) is 4.31. The van der Waals surface area contributed by atoms with Crippen molar-refractivity contribution in [2.45, 2.75) is 13.3 Å². The van der Waals surface area contributed by atoms with Gasteiger partial charge in [0.05, 0.1) is 20.6 Å². The largest absolute Gasteiger partial charge is 0.494 e. The summed E-state index contributed by atoms with van der Waals surface area (Å²) in [5.74, 6) is 0.428. The first-order chi connectivity index (χ1) is 9.97. The average Bonchev–Trinajstić information content (AvgIpc) is 2.46. The number of aryl methyl sites for hydroxylation is 1. The molecule has 21 heavy (non-hydrogen) atoms. The van der Waals surface area contributed by atoms with E-state index in [9.17, 15) is 4.79 Å². The third-order valence-corrected chi connectivity index (χ3v) is 3.38. The Morgan fingerprint density at radius 2 is 2.00 bits per heavy atom. The zero-order chi connectivity index (χ0) is 15.6. The zero-order valence-electron chi connectivity index (χ0n) is 13.1. The number of nitrogens with zero attached hydrogens (tertiary/aromatic N) is 2. The summed E-state index contributed by atoms with van der Waals surface area (Å²) in [5.41, 5.74) is 3.56. The fourth-order valence-electron chi connectivity index (χ4n) is 2.38. The molecule has 0 atom stereocenters. The van der Waals surface area contributed by atoms with Crippen molar-refractivity contribution in [2.24, 2.45) is 0 Å². The summed E-state index contributed by atoms with van der Waals surface area (Å²) in [5, 5.41) is 0.926. The van der Waals surface area contributed by atoms with Crippen molar-refractivity contribution in [3.05, 3.63) is 29.5 Å². The molecule has 2 aromatic rings. The van der Waals surface area contributed by atoms with E-state index in [1.54, 1.807) is 7.11 Å². The molecule has 5 nitrogen and oxygen atoms in total. The van der Waals surface area contributed by atoms with Gasteiger partial charge in [-0.15, -0.1) is 0 Å². The van der Waals surface area contributed by atoms with E-state index >= 15 is 0 Å². The molecule has 0 unspecified atom stereocenters. The van der Waals surface area contributed by atoms with Gasteiger partial charge < -0.3 is 14.4 Å². The van der Waals surface area contributed by atoms with E-state index in [1.807, 2.05) is 44.1 Å². The fraction of sp³-hybridized carbons (Fsp3) is 0.375. The maximum atomic E-state index is 11.6. The lowest BCUT2D eigenvalue weighted by Gasteiger charge is -2.19. The van der Waals surface area contributed by atoms with Crippen molar-refractivity contribution in [1.82, 2.24) is 4.98 Å². The van der Waals surface area contributed by atoms with Crippen LogP contribution in [0.2, 0.25) is 0 Å². The van der Waals surface area contributed by atoms with Crippen LogP contribution in [0.3, 0.4) is 0 Å². The Morgan fingerprint density at radius 3 is 2.57 bits per heavy atom. The van der Waals surface area contributed by atoms with Crippen LogP contribution >= 0.6 is 0 Å². The summed E-state index contributed by atoms with van der Waals surface area (Å²) < 4.78 is 10.2. The molecule has 1 aromatic carbocycles. The molecule has 1 aromatic heterocycles. The molecule has 0 bridgehead atoms. The van der Waals surface area contributed by atoms with Crippen LogP contribution in [-0.4, -0.2) is 39.3 Å². The fourth-order valence-corrected chi connectivity index (χ4v) is 2.38. The van der Waals surface area contributed by atoms with Gasteiger partial charge in [-0.1, -0.05) is 6.07 Å². The molecule has 0 amide bonds. The Morgan fingerprint density at radius 1 is 1.29 bits per heavy atom. The normalized spacial score (nSPS) is 10.5. The van der Waals surface area contributed by atoms with Crippen LogP contribution in [0.25, 0.3) is 10.9 Å². The number of anilines is 1. The highest BCUT2D eigenvalue weighted by Crippen LogP contribution is 2.34. The average molecular weight is 288 g/mol. The summed E-state index contributed by atoms with van der Waals surface area (Å²) in [6, 6.07) is 5.73. The lowest BCUT2D eigenvalue weighted by atomic mass is 10.0. The van der Waals surface area contributed by atoms with Gasteiger partial charge in [0.2, 0.25) is 0 Å². The second kappa shape index (κ2) is 5.99. The number of methoxy groups -OCH3 is 2. The summed E-state index contributed by atoms with van der Waals surface area (Å²) >= 11 is 0. The number of carbonyl (C=O) groups excluding carboxylic acids is 1. The van der Waals surface area contributed by atoms with Crippen molar-refractivity contribution in [3.63, 3.8) is 0 Å². The van der Waals surface area contributed by atoms with Gasteiger partial charge in [-0.25, -0.2) is 4.98 Å². The van der Waals surface area contributed by atoms with E-state index in [2.05, 4.69) is 4.98 Å². The van der Waals surface area contributed by atoms with E-state index in [4.69, 9.17) is 9.47 Å². The second-order valence-electron chi connectivity index (χ2n) is 5.08. The van der Waals surface area contributed by atoms with Crippen LogP contribution in [0.5, 0.6) is 5.75 Å². The number of rotatable bonds is 4. The van der Waals surface area contributed by atoms with Crippen LogP contribution in [0.15, 0.2) is 18.2 Å². The highest BCUT2D eigenvalue weighted by molar-refractivity contribution is 5.99. The predicted octanol–water partition coefficient (Wildman–Crippen LogP) is 2.33. The Labute approximate surface area is 124 Å². The minimum absolute atomic E-state index is 0.211. The first-order valence-corrected chi connectivity index (χ1v) is 6.69. The molecule has 0 aliphatic heterocycles. The van der Waals surface area contributed by atoms with E-state index < -0.39 is 0 Å². The highest BCUT2D eigenvalue weighted by Gasteiger charge is 2.16. The molecule has 0 saturated carbocycles. The van der Waals surface area contributed by atoms with Gasteiger partial charge in [-0.3, -0.25) is 4.79 Å². The number of carbonyl (C=O) groups is 1. The lowest BCUT2D eigenvalue weighted by Crippen LogP contribution is -2.12. The van der Waals surface area contributed by atoms with Crippen molar-refractivity contribution >= 4 is 22.6 Å². The van der Waals surface area contributed by atoms with E-state index in [0.717, 1.165) is 27.8 Å². The molecule has 0 radical (unpaired) electrons. The Balaban J connectivity index is 2.78. The van der Waals surface area contributed by atoms with Crippen molar-refractivity contribution in [1.29, 1.82) is 0 Å². The molecule has 5 heteroatoms. The van der Waals surface area contributed by atoms with Crippen molar-refractivity contribution in [2.75, 3.05) is 33.2 Å². The zero-order valence-corrected chi connectivity index (χ0v) is 13.1. The van der Waals surface area contributed by atoms with E-state index in [0.29, 0.717) is 5.75 Å². The van der Waals surface area contributed by atoms with Gasteiger partial charge in [0.25, 0.3) is 0 Å². The number of benzene rings is 1. The number of ether oxygens (including phenoxy) is 2. The number of esters is 1. The predicted molar refractivity (Wildman–Crippen MR) is 83.1 cm³/mol. The molecule has 0 N–H and O–H groups in total. The minimum Gasteiger partial charge on any atom is -0.494 e. The summed E-state index contributed by atoms with van der Waals surface area (Å²) in [7, 11) is 6.95. The van der Waals surface area contributed by atoms with Crippen LogP contribution in [0, 0.1) is 6.92 Å². The monoisotopic (exact) mass is 288 g/mol. The SMILES string of the molecule is COC(=O)Cc1ccc(OC)c2nc(C)cc(N(C)C)c12. The van der Waals surface area contributed by atoms with Gasteiger partial charge in [-0.2, -0.15) is 0 Å². The lowest BCUT2D eigenvalue weighted by molar-refractivity contribution is -0.139. The van der Waals surface area contributed by atoms with Gasteiger partial charge in [-0.05, 0) is 24.6 Å². The van der Waals surface area contributed by atoms with Crippen molar-refractivity contribution < 1.29 is 14.3 Å². The van der Waals surface area contributed by atoms with Gasteiger partial charge >= 0.3 is 5.97 Å². The maximum Gasteiger partial charge on any atom is 0.310 e. The summed E-state index contributed by atoms with van der Waals surface area (Å²) in [4.78, 5) is 18.2. The van der Waals surface area contributed by atoms with Gasteiger partial charge in [0.1, 0.15) is 11.3 Å². The van der Waals surface area contributed by atoms with Crippen LogP contribution in [-0.2, 0) is 16.0 Å². The Hall–Kier alpha value is -2.30. The molecular formula is C16H20N2O3. The van der Waals surface area contributed by atoms with Gasteiger partial charge in [0.15, 0.2) is 0 Å². The van der Waals surface area contributed by atoms with E-state index in [1.165, 1.54) is 7.11 Å². The van der Waals surface area contributed by atoms with E-state index in [-0.39, 0.29) is 12.4 Å². The minimum atomic E-state index is -0.272. The molecule has 0 aliphatic rings. The van der Waals surface area contributed by atoms with Crippen molar-refractivity contribution in [3.8, 4) is 5.75 Å². The molecule has 1 heterocycles. The maximum absolute atomic E-state index is 11.6. The standard InChI is InChI=1S/C16H20N2O3/c1-10-8-12(18(2)3)15-11(9-14(19)21-5)6-7-13(20-4)16(15)17-10/h6-8H,9H2,1-5H3. The number of hydrogen-bond donors (Lipinski definition) is 0.